The number of aliphatic hydroxyl groups excluding tert-OH is 1. The number of aromatic carboxylic acids is 1. The number of benzene rings is 2. The van der Waals surface area contributed by atoms with Crippen LogP contribution in [-0.4, -0.2) is 23.3 Å². The molecule has 1 aromatic heterocycles. The van der Waals surface area contributed by atoms with Crippen molar-refractivity contribution in [2.75, 3.05) is 22.6 Å². The summed E-state index contributed by atoms with van der Waals surface area (Å²) < 4.78 is 25.9. The van der Waals surface area contributed by atoms with Crippen molar-refractivity contribution < 1.29 is 28.6 Å². The molecule has 41 heavy (non-hydrogen) atoms. The quantitative estimate of drug-likeness (QED) is 0.217. The molecule has 2 heterocycles. The Morgan fingerprint density at radius 1 is 1.12 bits per heavy atom. The second-order valence-electron chi connectivity index (χ2n) is 11.1. The van der Waals surface area contributed by atoms with Crippen LogP contribution in [0.4, 0.5) is 27.1 Å². The number of methoxy groups -OCH3 is 1. The number of furan rings is 1. The summed E-state index contributed by atoms with van der Waals surface area (Å²) in [5, 5.41) is 27.2. The van der Waals surface area contributed by atoms with Crippen LogP contribution in [0.3, 0.4) is 0 Å². The number of nitrogens with one attached hydrogen (secondary N) is 2. The highest BCUT2D eigenvalue weighted by atomic mass is 19.1. The smallest absolute Gasteiger partial charge is 0.337 e. The summed E-state index contributed by atoms with van der Waals surface area (Å²) in [4.78, 5) is 38.7. The SMILES string of the molecule is COc1ccc(N2Cc3c(F)ccc(Nc4c(N[C@@H](c5ccc(C)o5)C(C)(C)C)c(=O)c4=O)c3C2O)c(C(=O)O)c1. The molecule has 5 rings (SSSR count). The number of aryl methyl sites for hydroxylation is 1. The molecule has 1 aliphatic heterocycles. The van der Waals surface area contributed by atoms with E-state index in [1.54, 1.807) is 12.1 Å². The second kappa shape index (κ2) is 10.1. The molecular formula is C30H30FN3O7. The van der Waals surface area contributed by atoms with Crippen LogP contribution in [0, 0.1) is 18.2 Å². The van der Waals surface area contributed by atoms with Crippen LogP contribution in [0.15, 0.2) is 56.5 Å². The van der Waals surface area contributed by atoms with E-state index in [0.717, 1.165) is 0 Å². The summed E-state index contributed by atoms with van der Waals surface area (Å²) in [5.74, 6) is -0.259. The summed E-state index contributed by atoms with van der Waals surface area (Å²) in [5.41, 5.74) is -1.37. The van der Waals surface area contributed by atoms with Gasteiger partial charge in [0.15, 0.2) is 6.23 Å². The summed E-state index contributed by atoms with van der Waals surface area (Å²) in [6.45, 7) is 7.56. The van der Waals surface area contributed by atoms with Gasteiger partial charge in [0.1, 0.15) is 34.5 Å². The zero-order chi connectivity index (χ0) is 29.8. The number of anilines is 4. The molecule has 214 valence electrons. The third kappa shape index (κ3) is 4.82. The van der Waals surface area contributed by atoms with E-state index in [1.807, 2.05) is 33.8 Å². The van der Waals surface area contributed by atoms with Crippen molar-refractivity contribution in [3.8, 4) is 5.75 Å². The monoisotopic (exact) mass is 563 g/mol. The van der Waals surface area contributed by atoms with Gasteiger partial charge in [0, 0.05) is 23.4 Å². The molecule has 1 aliphatic rings. The van der Waals surface area contributed by atoms with Crippen molar-refractivity contribution in [2.45, 2.75) is 46.5 Å². The molecule has 10 nitrogen and oxygen atoms in total. The molecule has 0 fully saturated rings. The van der Waals surface area contributed by atoms with Gasteiger partial charge in [-0.1, -0.05) is 20.8 Å². The Bertz CT molecular complexity index is 1730. The van der Waals surface area contributed by atoms with E-state index in [4.69, 9.17) is 9.15 Å². The third-order valence-electron chi connectivity index (χ3n) is 7.30. The Labute approximate surface area is 234 Å². The van der Waals surface area contributed by atoms with Crippen LogP contribution < -0.4 is 31.1 Å². The highest BCUT2D eigenvalue weighted by Crippen LogP contribution is 2.44. The van der Waals surface area contributed by atoms with Crippen molar-refractivity contribution in [3.63, 3.8) is 0 Å². The first-order chi connectivity index (χ1) is 19.3. The Morgan fingerprint density at radius 3 is 2.44 bits per heavy atom. The number of aliphatic hydroxyl groups is 1. The average Bonchev–Trinajstić information content (AvgIpc) is 3.51. The molecule has 3 aromatic carbocycles. The lowest BCUT2D eigenvalue weighted by Crippen LogP contribution is -2.39. The van der Waals surface area contributed by atoms with E-state index in [9.17, 15) is 29.0 Å². The standard InChI is InChI=1S/C30H30FN3O7/c1-14-6-11-21(41-14)27(30(2,3)4)33-24-23(25(35)26(24)36)32-19-9-8-18(31)17-13-34(28(37)22(17)19)20-10-7-15(40-5)12-16(20)29(38)39/h6-12,27-28,32-33,37H,13H2,1-5H3,(H,38,39)/t27-,28?/m0/s1. The van der Waals surface area contributed by atoms with Gasteiger partial charge in [-0.25, -0.2) is 9.18 Å². The molecular weight excluding hydrogens is 533 g/mol. The van der Waals surface area contributed by atoms with Crippen molar-refractivity contribution in [1.29, 1.82) is 0 Å². The normalized spacial score (nSPS) is 15.6. The van der Waals surface area contributed by atoms with Gasteiger partial charge in [-0.05, 0) is 54.8 Å². The van der Waals surface area contributed by atoms with Crippen molar-refractivity contribution >= 4 is 28.7 Å². The van der Waals surface area contributed by atoms with Crippen LogP contribution in [0.25, 0.3) is 0 Å². The van der Waals surface area contributed by atoms with Crippen LogP contribution in [0.1, 0.15) is 66.0 Å². The predicted octanol–water partition coefficient (Wildman–Crippen LogP) is 4.98. The maximum Gasteiger partial charge on any atom is 0.337 e. The Kier molecular flexibility index (Phi) is 6.86. The zero-order valence-electron chi connectivity index (χ0n) is 23.2. The van der Waals surface area contributed by atoms with Gasteiger partial charge in [-0.2, -0.15) is 0 Å². The average molecular weight is 564 g/mol. The molecule has 4 N–H and O–H groups in total. The maximum atomic E-state index is 15.0. The second-order valence-corrected chi connectivity index (χ2v) is 11.1. The van der Waals surface area contributed by atoms with E-state index >= 15 is 0 Å². The number of fused-ring (bicyclic) bond motifs is 1. The molecule has 0 saturated carbocycles. The number of nitrogens with zero attached hydrogens (tertiary/aromatic N) is 1. The number of hydrogen-bond donors (Lipinski definition) is 4. The van der Waals surface area contributed by atoms with Gasteiger partial charge in [-0.15, -0.1) is 0 Å². The van der Waals surface area contributed by atoms with Gasteiger partial charge in [0.2, 0.25) is 0 Å². The molecule has 0 aliphatic carbocycles. The molecule has 0 radical (unpaired) electrons. The number of rotatable bonds is 8. The lowest BCUT2D eigenvalue weighted by molar-refractivity contribution is 0.0696. The van der Waals surface area contributed by atoms with E-state index in [2.05, 4.69) is 10.6 Å². The lowest BCUT2D eigenvalue weighted by atomic mass is 9.85. The van der Waals surface area contributed by atoms with Gasteiger partial charge < -0.3 is 34.9 Å². The Morgan fingerprint density at radius 2 is 1.83 bits per heavy atom. The van der Waals surface area contributed by atoms with Gasteiger partial charge >= 0.3 is 5.97 Å². The van der Waals surface area contributed by atoms with Gasteiger partial charge in [-0.3, -0.25) is 9.59 Å². The molecule has 11 heteroatoms. The Hall–Kier alpha value is -4.64. The fourth-order valence-corrected chi connectivity index (χ4v) is 5.15. The fourth-order valence-electron chi connectivity index (χ4n) is 5.15. The number of ether oxygens (including phenoxy) is 1. The van der Waals surface area contributed by atoms with E-state index in [1.165, 1.54) is 36.3 Å². The summed E-state index contributed by atoms with van der Waals surface area (Å²) in [6.07, 6.45) is -1.45. The predicted molar refractivity (Wildman–Crippen MR) is 151 cm³/mol. The van der Waals surface area contributed by atoms with E-state index in [0.29, 0.717) is 17.3 Å². The van der Waals surface area contributed by atoms with Crippen molar-refractivity contribution in [1.82, 2.24) is 0 Å². The minimum absolute atomic E-state index is 0.0253. The van der Waals surface area contributed by atoms with E-state index in [-0.39, 0.29) is 46.0 Å². The molecule has 4 aromatic rings. The number of halogens is 1. The topological polar surface area (TPSA) is 141 Å². The van der Waals surface area contributed by atoms with Crippen LogP contribution in [0.5, 0.6) is 5.75 Å². The Balaban J connectivity index is 1.51. The summed E-state index contributed by atoms with van der Waals surface area (Å²) in [7, 11) is 1.40. The van der Waals surface area contributed by atoms with Crippen molar-refractivity contribution in [3.05, 3.63) is 96.9 Å². The number of carboxylic acids is 1. The van der Waals surface area contributed by atoms with Crippen LogP contribution in [0.2, 0.25) is 0 Å². The maximum absolute atomic E-state index is 15.0. The minimum Gasteiger partial charge on any atom is -0.497 e. The molecule has 2 atom stereocenters. The van der Waals surface area contributed by atoms with E-state index < -0.39 is 40.3 Å². The molecule has 0 saturated heterocycles. The summed E-state index contributed by atoms with van der Waals surface area (Å²) in [6, 6.07) is 10.0. The zero-order valence-corrected chi connectivity index (χ0v) is 23.2. The highest BCUT2D eigenvalue weighted by Gasteiger charge is 2.37. The first-order valence-corrected chi connectivity index (χ1v) is 12.9. The molecule has 0 amide bonds. The highest BCUT2D eigenvalue weighted by molar-refractivity contribution is 5.95. The molecule has 0 bridgehead atoms. The minimum atomic E-state index is -1.45. The van der Waals surface area contributed by atoms with Gasteiger partial charge in [0.25, 0.3) is 10.9 Å². The number of hydrogen-bond acceptors (Lipinski definition) is 9. The first-order valence-electron chi connectivity index (χ1n) is 12.9. The number of carbonyl (C=O) groups is 1. The van der Waals surface area contributed by atoms with Gasteiger partial charge in [0.05, 0.1) is 24.4 Å². The van der Waals surface area contributed by atoms with Crippen LogP contribution in [-0.2, 0) is 6.54 Å². The first kappa shape index (κ1) is 27.9. The molecule has 1 unspecified atom stereocenters. The summed E-state index contributed by atoms with van der Waals surface area (Å²) >= 11 is 0. The number of carboxylic acid groups (broad SMARTS) is 1. The third-order valence-corrected chi connectivity index (χ3v) is 7.30. The molecule has 0 spiro atoms. The largest absolute Gasteiger partial charge is 0.497 e. The van der Waals surface area contributed by atoms with Crippen molar-refractivity contribution in [2.24, 2.45) is 5.41 Å². The lowest BCUT2D eigenvalue weighted by Gasteiger charge is -2.32. The fraction of sp³-hybridized carbons (Fsp3) is 0.300. The van der Waals surface area contributed by atoms with Crippen LogP contribution >= 0.6 is 0 Å².